The number of rotatable bonds is 6. The highest BCUT2D eigenvalue weighted by Crippen LogP contribution is 2.24. The minimum absolute atomic E-state index is 0.0384. The smallest absolute Gasteiger partial charge is 0.224 e. The van der Waals surface area contributed by atoms with Crippen LogP contribution in [0, 0.1) is 11.3 Å². The highest BCUT2D eigenvalue weighted by molar-refractivity contribution is 5.79. The van der Waals surface area contributed by atoms with E-state index >= 15 is 0 Å². The van der Waals surface area contributed by atoms with Crippen LogP contribution in [0.5, 0.6) is 0 Å². The molecule has 3 N–H and O–H groups in total. The fourth-order valence-corrected chi connectivity index (χ4v) is 2.16. The molecule has 0 aromatic carbocycles. The lowest BCUT2D eigenvalue weighted by Crippen LogP contribution is -2.42. The Bertz CT molecular complexity index is 379. The van der Waals surface area contributed by atoms with Gasteiger partial charge in [0, 0.05) is 19.0 Å². The van der Waals surface area contributed by atoms with Crippen LogP contribution in [0.25, 0.3) is 0 Å². The molecule has 0 aliphatic rings. The summed E-state index contributed by atoms with van der Waals surface area (Å²) in [5.74, 6) is 0.795. The van der Waals surface area contributed by atoms with Gasteiger partial charge in [0.05, 0.1) is 12.2 Å². The Labute approximate surface area is 115 Å². The normalized spacial score (nSPS) is 15.0. The van der Waals surface area contributed by atoms with Crippen LogP contribution in [0.3, 0.4) is 0 Å². The van der Waals surface area contributed by atoms with Gasteiger partial charge in [-0.3, -0.25) is 4.79 Å². The van der Waals surface area contributed by atoms with Gasteiger partial charge in [0.1, 0.15) is 5.76 Å². The third-order valence-corrected chi connectivity index (χ3v) is 2.99. The van der Waals surface area contributed by atoms with Gasteiger partial charge in [-0.05, 0) is 30.9 Å². The predicted octanol–water partition coefficient (Wildman–Crippen LogP) is 2.34. The lowest BCUT2D eigenvalue weighted by molar-refractivity contribution is -0.126. The van der Waals surface area contributed by atoms with Crippen LogP contribution in [0.15, 0.2) is 22.8 Å². The molecule has 4 heteroatoms. The molecule has 1 aromatic heterocycles. The topological polar surface area (TPSA) is 68.3 Å². The standard InChI is InChI=1S/C15H26N2O2/c1-11(8-13-6-5-7-19-13)17-14(18)12(10-16)9-15(2,3)4/h5-7,11-12H,8-10,16H2,1-4H3,(H,17,18). The summed E-state index contributed by atoms with van der Waals surface area (Å²) in [6, 6.07) is 3.82. The predicted molar refractivity (Wildman–Crippen MR) is 76.6 cm³/mol. The summed E-state index contributed by atoms with van der Waals surface area (Å²) in [5.41, 5.74) is 5.82. The van der Waals surface area contributed by atoms with Crippen LogP contribution < -0.4 is 11.1 Å². The van der Waals surface area contributed by atoms with Gasteiger partial charge in [-0.25, -0.2) is 0 Å². The lowest BCUT2D eigenvalue weighted by Gasteiger charge is -2.25. The fourth-order valence-electron chi connectivity index (χ4n) is 2.16. The first kappa shape index (κ1) is 15.8. The van der Waals surface area contributed by atoms with E-state index in [0.29, 0.717) is 13.0 Å². The van der Waals surface area contributed by atoms with E-state index in [1.54, 1.807) is 6.26 Å². The van der Waals surface area contributed by atoms with Gasteiger partial charge in [-0.1, -0.05) is 20.8 Å². The zero-order valence-electron chi connectivity index (χ0n) is 12.4. The van der Waals surface area contributed by atoms with Gasteiger partial charge in [0.2, 0.25) is 5.91 Å². The Morgan fingerprint density at radius 1 is 1.47 bits per heavy atom. The maximum atomic E-state index is 12.2. The van der Waals surface area contributed by atoms with E-state index in [2.05, 4.69) is 26.1 Å². The first-order valence-electron chi connectivity index (χ1n) is 6.84. The molecule has 1 heterocycles. The Kier molecular flexibility index (Phi) is 5.60. The molecule has 0 bridgehead atoms. The molecule has 0 radical (unpaired) electrons. The van der Waals surface area contributed by atoms with E-state index in [1.165, 1.54) is 0 Å². The number of carbonyl (C=O) groups excluding carboxylic acids is 1. The van der Waals surface area contributed by atoms with E-state index in [-0.39, 0.29) is 23.3 Å². The second-order valence-corrected chi connectivity index (χ2v) is 6.39. The molecule has 19 heavy (non-hydrogen) atoms. The molecule has 108 valence electrons. The number of hydrogen-bond donors (Lipinski definition) is 2. The summed E-state index contributed by atoms with van der Waals surface area (Å²) in [5, 5.41) is 3.01. The van der Waals surface area contributed by atoms with E-state index < -0.39 is 0 Å². The summed E-state index contributed by atoms with van der Waals surface area (Å²) in [7, 11) is 0. The van der Waals surface area contributed by atoms with Crippen LogP contribution in [0.2, 0.25) is 0 Å². The Morgan fingerprint density at radius 3 is 2.63 bits per heavy atom. The SMILES string of the molecule is CC(Cc1ccco1)NC(=O)C(CN)CC(C)(C)C. The van der Waals surface area contributed by atoms with Crippen LogP contribution >= 0.6 is 0 Å². The summed E-state index contributed by atoms with van der Waals surface area (Å²) in [6.07, 6.45) is 3.14. The second kappa shape index (κ2) is 6.75. The van der Waals surface area contributed by atoms with Crippen molar-refractivity contribution in [1.82, 2.24) is 5.32 Å². The van der Waals surface area contributed by atoms with Crippen molar-refractivity contribution >= 4 is 5.91 Å². The van der Waals surface area contributed by atoms with Crippen molar-refractivity contribution in [3.8, 4) is 0 Å². The quantitative estimate of drug-likeness (QED) is 0.830. The molecule has 0 fully saturated rings. The monoisotopic (exact) mass is 266 g/mol. The highest BCUT2D eigenvalue weighted by atomic mass is 16.3. The van der Waals surface area contributed by atoms with Crippen molar-refractivity contribution in [2.75, 3.05) is 6.54 Å². The van der Waals surface area contributed by atoms with Gasteiger partial charge in [0.25, 0.3) is 0 Å². The van der Waals surface area contributed by atoms with Crippen molar-refractivity contribution in [1.29, 1.82) is 0 Å². The molecule has 2 unspecified atom stereocenters. The number of nitrogens with one attached hydrogen (secondary N) is 1. The fraction of sp³-hybridized carbons (Fsp3) is 0.667. The molecular formula is C15H26N2O2. The Morgan fingerprint density at radius 2 is 2.16 bits per heavy atom. The first-order chi connectivity index (χ1) is 8.81. The lowest BCUT2D eigenvalue weighted by atomic mass is 9.84. The molecule has 1 amide bonds. The van der Waals surface area contributed by atoms with Crippen LogP contribution in [0.1, 0.15) is 39.9 Å². The van der Waals surface area contributed by atoms with E-state index in [4.69, 9.17) is 10.2 Å². The van der Waals surface area contributed by atoms with E-state index in [0.717, 1.165) is 12.2 Å². The van der Waals surface area contributed by atoms with Crippen LogP contribution in [0.4, 0.5) is 0 Å². The largest absolute Gasteiger partial charge is 0.469 e. The minimum atomic E-state index is -0.126. The number of carbonyl (C=O) groups is 1. The maximum absolute atomic E-state index is 12.2. The molecule has 0 saturated carbocycles. The van der Waals surface area contributed by atoms with E-state index in [1.807, 2.05) is 19.1 Å². The molecule has 1 rings (SSSR count). The molecule has 2 atom stereocenters. The molecule has 0 aliphatic heterocycles. The second-order valence-electron chi connectivity index (χ2n) is 6.39. The van der Waals surface area contributed by atoms with Gasteiger partial charge in [0.15, 0.2) is 0 Å². The zero-order valence-corrected chi connectivity index (χ0v) is 12.4. The Hall–Kier alpha value is -1.29. The molecular weight excluding hydrogens is 240 g/mol. The summed E-state index contributed by atoms with van der Waals surface area (Å²) in [6.45, 7) is 8.72. The summed E-state index contributed by atoms with van der Waals surface area (Å²) < 4.78 is 5.28. The van der Waals surface area contributed by atoms with Gasteiger partial charge in [-0.2, -0.15) is 0 Å². The van der Waals surface area contributed by atoms with Gasteiger partial charge >= 0.3 is 0 Å². The third kappa shape index (κ3) is 5.92. The third-order valence-electron chi connectivity index (χ3n) is 2.99. The average molecular weight is 266 g/mol. The number of nitrogens with two attached hydrogens (primary N) is 1. The van der Waals surface area contributed by atoms with E-state index in [9.17, 15) is 4.79 Å². The van der Waals surface area contributed by atoms with Crippen LogP contribution in [-0.4, -0.2) is 18.5 Å². The van der Waals surface area contributed by atoms with Gasteiger partial charge in [-0.15, -0.1) is 0 Å². The van der Waals surface area contributed by atoms with Crippen LogP contribution in [-0.2, 0) is 11.2 Å². The average Bonchev–Trinajstić information content (AvgIpc) is 2.76. The van der Waals surface area contributed by atoms with Gasteiger partial charge < -0.3 is 15.5 Å². The van der Waals surface area contributed by atoms with Crippen molar-refractivity contribution in [3.05, 3.63) is 24.2 Å². The molecule has 1 aromatic rings. The molecule has 0 aliphatic carbocycles. The Balaban J connectivity index is 2.47. The van der Waals surface area contributed by atoms with Crippen molar-refractivity contribution in [2.24, 2.45) is 17.1 Å². The number of hydrogen-bond acceptors (Lipinski definition) is 3. The first-order valence-corrected chi connectivity index (χ1v) is 6.84. The van der Waals surface area contributed by atoms with Crippen molar-refractivity contribution < 1.29 is 9.21 Å². The summed E-state index contributed by atoms with van der Waals surface area (Å²) >= 11 is 0. The van der Waals surface area contributed by atoms with Crippen molar-refractivity contribution in [3.63, 3.8) is 0 Å². The molecule has 4 nitrogen and oxygen atoms in total. The number of amides is 1. The zero-order chi connectivity index (χ0) is 14.5. The molecule has 0 spiro atoms. The maximum Gasteiger partial charge on any atom is 0.224 e. The summed E-state index contributed by atoms with van der Waals surface area (Å²) in [4.78, 5) is 12.2. The van der Waals surface area contributed by atoms with Crippen molar-refractivity contribution in [2.45, 2.75) is 46.6 Å². The molecule has 0 saturated heterocycles. The highest BCUT2D eigenvalue weighted by Gasteiger charge is 2.24. The number of furan rings is 1. The minimum Gasteiger partial charge on any atom is -0.469 e.